The smallest absolute Gasteiger partial charge is 0.254 e. The second-order valence-corrected chi connectivity index (χ2v) is 6.62. The van der Waals surface area contributed by atoms with Crippen molar-refractivity contribution in [2.75, 3.05) is 0 Å². The van der Waals surface area contributed by atoms with E-state index in [1.54, 1.807) is 29.0 Å². The van der Waals surface area contributed by atoms with Crippen molar-refractivity contribution in [3.63, 3.8) is 0 Å². The molecule has 0 aliphatic heterocycles. The molecule has 1 heterocycles. The highest BCUT2D eigenvalue weighted by molar-refractivity contribution is 6.35. The van der Waals surface area contributed by atoms with Crippen LogP contribution >= 0.6 is 23.2 Å². The van der Waals surface area contributed by atoms with Gasteiger partial charge in [0.05, 0.1) is 6.54 Å². The molecule has 0 atom stereocenters. The minimum Gasteiger partial charge on any atom is -0.489 e. The molecule has 0 bridgehead atoms. The Morgan fingerprint density at radius 3 is 2.52 bits per heavy atom. The first kappa shape index (κ1) is 17.6. The second kappa shape index (κ2) is 7.77. The van der Waals surface area contributed by atoms with Crippen LogP contribution in [0, 0.1) is 6.92 Å². The molecular formula is C20H17Cl2NO2. The van der Waals surface area contributed by atoms with E-state index in [0.717, 1.165) is 16.7 Å². The molecule has 128 valence electrons. The maximum atomic E-state index is 12.3. The molecule has 0 radical (unpaired) electrons. The third kappa shape index (κ3) is 4.44. The highest BCUT2D eigenvalue weighted by Crippen LogP contribution is 2.21. The van der Waals surface area contributed by atoms with Gasteiger partial charge in [0.25, 0.3) is 5.56 Å². The summed E-state index contributed by atoms with van der Waals surface area (Å²) in [6.45, 7) is 2.85. The fourth-order valence-corrected chi connectivity index (χ4v) is 2.94. The molecule has 0 N–H and O–H groups in total. The van der Waals surface area contributed by atoms with Gasteiger partial charge in [0.15, 0.2) is 0 Å². The maximum Gasteiger partial charge on any atom is 0.254 e. The molecule has 0 aliphatic rings. The Morgan fingerprint density at radius 1 is 1.00 bits per heavy atom. The standard InChI is InChI=1S/C20H17Cl2NO2/c1-14-4-2-3-5-16(14)13-25-18-8-9-23(20(24)11-18)12-15-6-7-17(21)10-19(15)22/h2-11H,12-13H2,1H3. The second-order valence-electron chi connectivity index (χ2n) is 5.78. The van der Waals surface area contributed by atoms with Crippen LogP contribution < -0.4 is 10.3 Å². The van der Waals surface area contributed by atoms with Gasteiger partial charge in [0.1, 0.15) is 12.4 Å². The Morgan fingerprint density at radius 2 is 1.80 bits per heavy atom. The molecule has 25 heavy (non-hydrogen) atoms. The van der Waals surface area contributed by atoms with Gasteiger partial charge in [0, 0.05) is 22.3 Å². The molecule has 0 amide bonds. The molecule has 0 spiro atoms. The van der Waals surface area contributed by atoms with Crippen LogP contribution in [0.15, 0.2) is 65.6 Å². The third-order valence-corrected chi connectivity index (χ3v) is 4.57. The lowest BCUT2D eigenvalue weighted by atomic mass is 10.1. The van der Waals surface area contributed by atoms with Crippen LogP contribution in [-0.2, 0) is 13.2 Å². The largest absolute Gasteiger partial charge is 0.489 e. The molecule has 1 aromatic heterocycles. The monoisotopic (exact) mass is 373 g/mol. The Bertz CT molecular complexity index is 950. The van der Waals surface area contributed by atoms with Crippen molar-refractivity contribution in [2.45, 2.75) is 20.1 Å². The summed E-state index contributed by atoms with van der Waals surface area (Å²) < 4.78 is 7.32. The first-order valence-electron chi connectivity index (χ1n) is 7.84. The summed E-state index contributed by atoms with van der Waals surface area (Å²) in [6.07, 6.45) is 1.71. The normalized spacial score (nSPS) is 10.7. The fourth-order valence-electron chi connectivity index (χ4n) is 2.48. The number of halogens is 2. The van der Waals surface area contributed by atoms with Gasteiger partial charge in [0.2, 0.25) is 0 Å². The Balaban J connectivity index is 1.72. The van der Waals surface area contributed by atoms with Crippen molar-refractivity contribution in [1.82, 2.24) is 4.57 Å². The van der Waals surface area contributed by atoms with Crippen molar-refractivity contribution < 1.29 is 4.74 Å². The first-order chi connectivity index (χ1) is 12.0. The number of rotatable bonds is 5. The van der Waals surface area contributed by atoms with Gasteiger partial charge in [-0.3, -0.25) is 4.79 Å². The topological polar surface area (TPSA) is 31.2 Å². The van der Waals surface area contributed by atoms with Crippen molar-refractivity contribution in [3.8, 4) is 5.75 Å². The average Bonchev–Trinajstić information content (AvgIpc) is 2.58. The summed E-state index contributed by atoms with van der Waals surface area (Å²) in [7, 11) is 0. The van der Waals surface area contributed by atoms with Crippen LogP contribution in [0.2, 0.25) is 10.0 Å². The zero-order chi connectivity index (χ0) is 17.8. The van der Waals surface area contributed by atoms with E-state index in [9.17, 15) is 4.79 Å². The SMILES string of the molecule is Cc1ccccc1COc1ccn(Cc2ccc(Cl)cc2Cl)c(=O)c1. The summed E-state index contributed by atoms with van der Waals surface area (Å²) in [4.78, 5) is 12.3. The van der Waals surface area contributed by atoms with E-state index in [1.165, 1.54) is 6.07 Å². The van der Waals surface area contributed by atoms with Crippen LogP contribution in [-0.4, -0.2) is 4.57 Å². The Kier molecular flexibility index (Phi) is 5.47. The van der Waals surface area contributed by atoms with E-state index in [1.807, 2.05) is 37.3 Å². The van der Waals surface area contributed by atoms with Crippen LogP contribution in [0.4, 0.5) is 0 Å². The minimum absolute atomic E-state index is 0.145. The van der Waals surface area contributed by atoms with Crippen molar-refractivity contribution in [3.05, 3.63) is 97.9 Å². The van der Waals surface area contributed by atoms with E-state index in [0.29, 0.717) is 28.9 Å². The van der Waals surface area contributed by atoms with Gasteiger partial charge in [-0.05, 0) is 41.8 Å². The number of ether oxygens (including phenoxy) is 1. The van der Waals surface area contributed by atoms with Gasteiger partial charge in [-0.15, -0.1) is 0 Å². The zero-order valence-electron chi connectivity index (χ0n) is 13.7. The lowest BCUT2D eigenvalue weighted by molar-refractivity contribution is 0.304. The van der Waals surface area contributed by atoms with Crippen LogP contribution in [0.5, 0.6) is 5.75 Å². The highest BCUT2D eigenvalue weighted by atomic mass is 35.5. The molecule has 0 saturated carbocycles. The lowest BCUT2D eigenvalue weighted by Gasteiger charge is -2.11. The number of aromatic nitrogens is 1. The average molecular weight is 374 g/mol. The van der Waals surface area contributed by atoms with E-state index in [2.05, 4.69) is 0 Å². The number of hydrogen-bond donors (Lipinski definition) is 0. The van der Waals surface area contributed by atoms with E-state index in [-0.39, 0.29) is 5.56 Å². The summed E-state index contributed by atoms with van der Waals surface area (Å²) >= 11 is 12.1. The predicted molar refractivity (Wildman–Crippen MR) is 102 cm³/mol. The molecule has 0 saturated heterocycles. The van der Waals surface area contributed by atoms with Crippen LogP contribution in [0.1, 0.15) is 16.7 Å². The quantitative estimate of drug-likeness (QED) is 0.623. The number of hydrogen-bond acceptors (Lipinski definition) is 2. The minimum atomic E-state index is -0.145. The molecule has 3 aromatic rings. The van der Waals surface area contributed by atoms with Gasteiger partial charge in [-0.25, -0.2) is 0 Å². The first-order valence-corrected chi connectivity index (χ1v) is 8.60. The number of pyridine rings is 1. The number of aryl methyl sites for hydroxylation is 1. The van der Waals surface area contributed by atoms with Gasteiger partial charge in [-0.2, -0.15) is 0 Å². The lowest BCUT2D eigenvalue weighted by Crippen LogP contribution is -2.19. The van der Waals surface area contributed by atoms with Crippen LogP contribution in [0.25, 0.3) is 0 Å². The van der Waals surface area contributed by atoms with E-state index >= 15 is 0 Å². The van der Waals surface area contributed by atoms with Gasteiger partial charge in [-0.1, -0.05) is 53.5 Å². The van der Waals surface area contributed by atoms with Crippen LogP contribution in [0.3, 0.4) is 0 Å². The van der Waals surface area contributed by atoms with Gasteiger partial charge < -0.3 is 9.30 Å². The Hall–Kier alpha value is -2.23. The van der Waals surface area contributed by atoms with Crippen molar-refractivity contribution in [1.29, 1.82) is 0 Å². The van der Waals surface area contributed by atoms with Crippen molar-refractivity contribution in [2.24, 2.45) is 0 Å². The molecule has 3 rings (SSSR count). The number of benzene rings is 2. The Labute approximate surface area is 156 Å². The van der Waals surface area contributed by atoms with Crippen molar-refractivity contribution >= 4 is 23.2 Å². The van der Waals surface area contributed by atoms with Gasteiger partial charge >= 0.3 is 0 Å². The molecular weight excluding hydrogens is 357 g/mol. The summed E-state index contributed by atoms with van der Waals surface area (Å²) in [5.41, 5.74) is 2.95. The summed E-state index contributed by atoms with van der Waals surface area (Å²) in [6, 6.07) is 16.5. The molecule has 2 aromatic carbocycles. The zero-order valence-corrected chi connectivity index (χ0v) is 15.2. The molecule has 5 heteroatoms. The maximum absolute atomic E-state index is 12.3. The molecule has 0 unspecified atom stereocenters. The van der Waals surface area contributed by atoms with E-state index < -0.39 is 0 Å². The molecule has 0 fully saturated rings. The summed E-state index contributed by atoms with van der Waals surface area (Å²) in [5, 5.41) is 1.11. The molecule has 0 aliphatic carbocycles. The highest BCUT2D eigenvalue weighted by Gasteiger charge is 2.06. The molecule has 3 nitrogen and oxygen atoms in total. The predicted octanol–water partition coefficient (Wildman–Crippen LogP) is 5.09. The number of nitrogens with zero attached hydrogens (tertiary/aromatic N) is 1. The third-order valence-electron chi connectivity index (χ3n) is 3.98. The van der Waals surface area contributed by atoms with E-state index in [4.69, 9.17) is 27.9 Å². The fraction of sp³-hybridized carbons (Fsp3) is 0.150. The summed E-state index contributed by atoms with van der Waals surface area (Å²) in [5.74, 6) is 0.548.